The van der Waals surface area contributed by atoms with E-state index in [1.807, 2.05) is 0 Å². The van der Waals surface area contributed by atoms with Gasteiger partial charge in [-0.25, -0.2) is 0 Å². The van der Waals surface area contributed by atoms with Crippen molar-refractivity contribution in [3.05, 3.63) is 0 Å². The molecule has 1 fully saturated rings. The Bertz CT molecular complexity index is 136. The second-order valence-electron chi connectivity index (χ2n) is 3.31. The highest BCUT2D eigenvalue weighted by molar-refractivity contribution is 5.79. The highest BCUT2D eigenvalue weighted by Crippen LogP contribution is 2.28. The van der Waals surface area contributed by atoms with E-state index in [-0.39, 0.29) is 0 Å². The molecule has 1 aliphatic carbocycles. The van der Waals surface area contributed by atoms with E-state index >= 15 is 0 Å². The lowest BCUT2D eigenvalue weighted by Crippen LogP contribution is -2.14. The molecule has 3 heteroatoms. The summed E-state index contributed by atoms with van der Waals surface area (Å²) in [6.45, 7) is 0. The quantitative estimate of drug-likeness (QED) is 0.278. The maximum Gasteiger partial charge on any atom is 0.119 e. The minimum absolute atomic E-state index is 0.594. The molecule has 64 valence electrons. The van der Waals surface area contributed by atoms with Crippen LogP contribution in [0.1, 0.15) is 38.5 Å². The van der Waals surface area contributed by atoms with Crippen molar-refractivity contribution in [1.29, 1.82) is 0 Å². The second-order valence-corrected chi connectivity index (χ2v) is 3.31. The summed E-state index contributed by atoms with van der Waals surface area (Å²) in [7, 11) is 0. The van der Waals surface area contributed by atoms with E-state index in [0.29, 0.717) is 5.84 Å². The van der Waals surface area contributed by atoms with Gasteiger partial charge in [-0.05, 0) is 12.3 Å². The van der Waals surface area contributed by atoms with Gasteiger partial charge in [0.1, 0.15) is 5.84 Å². The first-order chi connectivity index (χ1) is 5.33. The molecule has 0 bridgehead atoms. The third-order valence-electron chi connectivity index (χ3n) is 2.45. The number of nitrogens with zero attached hydrogens (tertiary/aromatic N) is 1. The number of hydrogen-bond donors (Lipinski definition) is 2. The van der Waals surface area contributed by atoms with E-state index < -0.39 is 0 Å². The molecule has 0 aliphatic heterocycles. The summed E-state index contributed by atoms with van der Waals surface area (Å²) in [6.07, 6.45) is 7.58. The van der Waals surface area contributed by atoms with Crippen LogP contribution in [0.4, 0.5) is 0 Å². The Kier molecular flexibility index (Phi) is 3.20. The minimum atomic E-state index is 0.594. The van der Waals surface area contributed by atoms with Crippen molar-refractivity contribution in [1.82, 2.24) is 0 Å². The molecule has 0 radical (unpaired) electrons. The van der Waals surface area contributed by atoms with Crippen molar-refractivity contribution >= 4 is 5.84 Å². The van der Waals surface area contributed by atoms with Gasteiger partial charge in [-0.1, -0.05) is 25.7 Å². The van der Waals surface area contributed by atoms with Crippen LogP contribution in [0.15, 0.2) is 5.10 Å². The van der Waals surface area contributed by atoms with Crippen LogP contribution in [-0.2, 0) is 0 Å². The van der Waals surface area contributed by atoms with Gasteiger partial charge in [-0.3, -0.25) is 0 Å². The molecule has 0 aromatic heterocycles. The minimum Gasteiger partial charge on any atom is -0.386 e. The Morgan fingerprint density at radius 2 is 2.00 bits per heavy atom. The van der Waals surface area contributed by atoms with Gasteiger partial charge in [0.05, 0.1) is 0 Å². The molecule has 1 rings (SSSR count). The molecule has 4 N–H and O–H groups in total. The SMILES string of the molecule is N/N=C(/N)CCC1CCCC1. The maximum absolute atomic E-state index is 5.48. The molecule has 0 amide bonds. The van der Waals surface area contributed by atoms with Crippen LogP contribution in [-0.4, -0.2) is 5.84 Å². The first kappa shape index (κ1) is 8.37. The van der Waals surface area contributed by atoms with Gasteiger partial charge in [-0.15, -0.1) is 0 Å². The molecule has 0 heterocycles. The zero-order valence-corrected chi connectivity index (χ0v) is 6.92. The van der Waals surface area contributed by atoms with E-state index in [1.54, 1.807) is 0 Å². The second kappa shape index (κ2) is 4.21. The molecule has 0 aromatic carbocycles. The van der Waals surface area contributed by atoms with Gasteiger partial charge in [0, 0.05) is 6.42 Å². The summed E-state index contributed by atoms with van der Waals surface area (Å²) in [4.78, 5) is 0. The molecule has 0 saturated heterocycles. The fraction of sp³-hybridized carbons (Fsp3) is 0.875. The lowest BCUT2D eigenvalue weighted by atomic mass is 10.0. The van der Waals surface area contributed by atoms with Gasteiger partial charge >= 0.3 is 0 Å². The smallest absolute Gasteiger partial charge is 0.119 e. The van der Waals surface area contributed by atoms with E-state index in [4.69, 9.17) is 11.6 Å². The lowest BCUT2D eigenvalue weighted by molar-refractivity contribution is 0.514. The fourth-order valence-corrected chi connectivity index (χ4v) is 1.72. The van der Waals surface area contributed by atoms with E-state index in [2.05, 4.69) is 5.10 Å². The fourth-order valence-electron chi connectivity index (χ4n) is 1.72. The molecular formula is C8H17N3. The topological polar surface area (TPSA) is 64.4 Å². The van der Waals surface area contributed by atoms with Crippen LogP contribution >= 0.6 is 0 Å². The number of hydrazone groups is 1. The molecule has 1 aliphatic rings. The van der Waals surface area contributed by atoms with Crippen LogP contribution in [0.25, 0.3) is 0 Å². The van der Waals surface area contributed by atoms with E-state index in [0.717, 1.165) is 12.3 Å². The molecule has 3 nitrogen and oxygen atoms in total. The van der Waals surface area contributed by atoms with Gasteiger partial charge in [0.25, 0.3) is 0 Å². The summed E-state index contributed by atoms with van der Waals surface area (Å²) in [5.41, 5.74) is 5.48. The summed E-state index contributed by atoms with van der Waals surface area (Å²) in [5, 5.41) is 3.44. The number of nitrogens with two attached hydrogens (primary N) is 2. The normalized spacial score (nSPS) is 20.9. The largest absolute Gasteiger partial charge is 0.386 e. The first-order valence-electron chi connectivity index (χ1n) is 4.35. The highest BCUT2D eigenvalue weighted by Gasteiger charge is 2.14. The standard InChI is InChI=1S/C8H17N3/c9-8(11-10)6-5-7-3-1-2-4-7/h7H,1-6,10H2,(H2,9,11). The Morgan fingerprint density at radius 3 is 2.55 bits per heavy atom. The average molecular weight is 155 g/mol. The summed E-state index contributed by atoms with van der Waals surface area (Å²) < 4.78 is 0. The van der Waals surface area contributed by atoms with Gasteiger partial charge in [0.15, 0.2) is 0 Å². The van der Waals surface area contributed by atoms with Crippen molar-refractivity contribution in [3.63, 3.8) is 0 Å². The van der Waals surface area contributed by atoms with Crippen LogP contribution < -0.4 is 11.6 Å². The molecular weight excluding hydrogens is 138 g/mol. The summed E-state index contributed by atoms with van der Waals surface area (Å²) >= 11 is 0. The van der Waals surface area contributed by atoms with Crippen molar-refractivity contribution < 1.29 is 0 Å². The predicted molar refractivity (Wildman–Crippen MR) is 47.0 cm³/mol. The molecule has 11 heavy (non-hydrogen) atoms. The number of amidine groups is 1. The van der Waals surface area contributed by atoms with Crippen molar-refractivity contribution in [2.24, 2.45) is 22.6 Å². The van der Waals surface area contributed by atoms with Gasteiger partial charge in [0.2, 0.25) is 0 Å². The molecule has 0 atom stereocenters. The predicted octanol–water partition coefficient (Wildman–Crippen LogP) is 1.19. The van der Waals surface area contributed by atoms with Gasteiger partial charge in [-0.2, -0.15) is 5.10 Å². The third kappa shape index (κ3) is 2.78. The molecule has 1 saturated carbocycles. The van der Waals surface area contributed by atoms with Crippen molar-refractivity contribution in [3.8, 4) is 0 Å². The third-order valence-corrected chi connectivity index (χ3v) is 2.45. The van der Waals surface area contributed by atoms with Crippen molar-refractivity contribution in [2.75, 3.05) is 0 Å². The van der Waals surface area contributed by atoms with Crippen LogP contribution in [0.3, 0.4) is 0 Å². The van der Waals surface area contributed by atoms with Crippen LogP contribution in [0.2, 0.25) is 0 Å². The van der Waals surface area contributed by atoms with E-state index in [1.165, 1.54) is 32.1 Å². The Hall–Kier alpha value is -0.730. The van der Waals surface area contributed by atoms with Crippen LogP contribution in [0.5, 0.6) is 0 Å². The molecule has 0 unspecified atom stereocenters. The van der Waals surface area contributed by atoms with Crippen LogP contribution in [0, 0.1) is 5.92 Å². The average Bonchev–Trinajstić information content (AvgIpc) is 2.52. The molecule has 0 spiro atoms. The monoisotopic (exact) mass is 155 g/mol. The maximum atomic E-state index is 5.48. The number of hydrogen-bond acceptors (Lipinski definition) is 2. The Labute approximate surface area is 67.8 Å². The Balaban J connectivity index is 2.11. The number of rotatable bonds is 3. The lowest BCUT2D eigenvalue weighted by Gasteiger charge is -2.06. The first-order valence-corrected chi connectivity index (χ1v) is 4.35. The van der Waals surface area contributed by atoms with Crippen molar-refractivity contribution in [2.45, 2.75) is 38.5 Å². The van der Waals surface area contributed by atoms with Gasteiger partial charge < -0.3 is 11.6 Å². The van der Waals surface area contributed by atoms with E-state index in [9.17, 15) is 0 Å². The molecule has 0 aromatic rings. The zero-order chi connectivity index (χ0) is 8.10. The summed E-state index contributed by atoms with van der Waals surface area (Å²) in [5.74, 6) is 6.50. The highest BCUT2D eigenvalue weighted by atomic mass is 15.1. The Morgan fingerprint density at radius 1 is 1.36 bits per heavy atom. The summed E-state index contributed by atoms with van der Waals surface area (Å²) in [6, 6.07) is 0. The zero-order valence-electron chi connectivity index (χ0n) is 6.92.